The molecule has 33 heavy (non-hydrogen) atoms. The van der Waals surface area contributed by atoms with Gasteiger partial charge in [0, 0.05) is 24.4 Å². The molecule has 1 aromatic carbocycles. The molecule has 0 unspecified atom stereocenters. The molecule has 2 amide bonds. The highest BCUT2D eigenvalue weighted by Gasteiger charge is 2.55. The lowest BCUT2D eigenvalue weighted by Gasteiger charge is -2.28. The van der Waals surface area contributed by atoms with E-state index in [0.29, 0.717) is 30.6 Å². The quantitative estimate of drug-likeness (QED) is 0.482. The van der Waals surface area contributed by atoms with E-state index in [-0.39, 0.29) is 23.8 Å². The highest BCUT2D eigenvalue weighted by molar-refractivity contribution is 5.86. The average Bonchev–Trinajstić information content (AvgIpc) is 3.22. The Balaban J connectivity index is 1.38. The fourth-order valence-electron chi connectivity index (χ4n) is 5.66. The van der Waals surface area contributed by atoms with E-state index in [1.165, 1.54) is 12.8 Å². The molecule has 5 rings (SSSR count). The number of carbonyl (C=O) groups excluding carboxylic acids is 2. The minimum Gasteiger partial charge on any atom is -0.337 e. The van der Waals surface area contributed by atoms with Crippen LogP contribution >= 0.6 is 0 Å². The number of carbonyl (C=O) groups is 2. The predicted molar refractivity (Wildman–Crippen MR) is 120 cm³/mol. The highest BCUT2D eigenvalue weighted by atomic mass is 16.5. The number of aryl methyl sites for hydroxylation is 1. The minimum atomic E-state index is -0.511. The summed E-state index contributed by atoms with van der Waals surface area (Å²) in [5, 5.41) is 13.3. The second-order valence-electron chi connectivity index (χ2n) is 10.3. The zero-order valence-corrected chi connectivity index (χ0v) is 19.1. The lowest BCUT2D eigenvalue weighted by atomic mass is 9.89. The van der Waals surface area contributed by atoms with Crippen molar-refractivity contribution in [3.05, 3.63) is 35.7 Å². The summed E-state index contributed by atoms with van der Waals surface area (Å²) < 4.78 is 5.68. The standard InChI is InChI=1S/C25H32N4O4/c1-16-6-8-18(9-7-16)22-26-23(33-28-22)20-14-25(10-11-25)15-29(20)24(31)19(13-21(30)27-32)12-17-4-2-3-5-17/h6-9,17,19-20,32H,2-5,10-15H2,1H3,(H,27,30)/t19-,20+/m1/s1. The molecule has 8 heteroatoms. The molecule has 1 aromatic heterocycles. The number of likely N-dealkylation sites (tertiary alicyclic amines) is 1. The van der Waals surface area contributed by atoms with Crippen molar-refractivity contribution < 1.29 is 19.3 Å². The van der Waals surface area contributed by atoms with Gasteiger partial charge in [0.1, 0.15) is 6.04 Å². The van der Waals surface area contributed by atoms with E-state index in [1.807, 2.05) is 36.1 Å². The van der Waals surface area contributed by atoms with Crippen LogP contribution in [0, 0.1) is 24.2 Å². The Morgan fingerprint density at radius 3 is 2.64 bits per heavy atom. The van der Waals surface area contributed by atoms with E-state index < -0.39 is 11.8 Å². The Bertz CT molecular complexity index is 1010. The fraction of sp³-hybridized carbons (Fsp3) is 0.600. The molecule has 8 nitrogen and oxygen atoms in total. The summed E-state index contributed by atoms with van der Waals surface area (Å²) in [6.07, 6.45) is 8.24. The van der Waals surface area contributed by atoms with E-state index in [2.05, 4.69) is 10.1 Å². The minimum absolute atomic E-state index is 0.000499. The van der Waals surface area contributed by atoms with Crippen LogP contribution in [-0.4, -0.2) is 38.6 Å². The summed E-state index contributed by atoms with van der Waals surface area (Å²) in [4.78, 5) is 32.3. The van der Waals surface area contributed by atoms with Gasteiger partial charge in [0.2, 0.25) is 23.5 Å². The van der Waals surface area contributed by atoms with Crippen molar-refractivity contribution in [3.63, 3.8) is 0 Å². The summed E-state index contributed by atoms with van der Waals surface area (Å²) in [6, 6.07) is 7.69. The van der Waals surface area contributed by atoms with Crippen LogP contribution in [0.1, 0.15) is 75.3 Å². The van der Waals surface area contributed by atoms with E-state index in [9.17, 15) is 9.59 Å². The van der Waals surface area contributed by atoms with Crippen molar-refractivity contribution in [2.24, 2.45) is 17.3 Å². The first kappa shape index (κ1) is 22.1. The molecule has 2 aliphatic carbocycles. The molecule has 3 fully saturated rings. The summed E-state index contributed by atoms with van der Waals surface area (Å²) in [7, 11) is 0. The molecule has 2 atom stereocenters. The van der Waals surface area contributed by atoms with Crippen molar-refractivity contribution in [1.82, 2.24) is 20.5 Å². The van der Waals surface area contributed by atoms with Gasteiger partial charge in [0.25, 0.3) is 0 Å². The molecule has 2 N–H and O–H groups in total. The van der Waals surface area contributed by atoms with Crippen molar-refractivity contribution in [2.45, 2.75) is 70.8 Å². The zero-order valence-electron chi connectivity index (χ0n) is 19.1. The normalized spacial score (nSPS) is 22.6. The van der Waals surface area contributed by atoms with Crippen LogP contribution in [0.3, 0.4) is 0 Å². The molecular weight excluding hydrogens is 420 g/mol. The largest absolute Gasteiger partial charge is 0.337 e. The van der Waals surface area contributed by atoms with Gasteiger partial charge in [-0.3, -0.25) is 14.8 Å². The number of nitrogens with zero attached hydrogens (tertiary/aromatic N) is 3. The van der Waals surface area contributed by atoms with Gasteiger partial charge < -0.3 is 9.42 Å². The molecule has 0 bridgehead atoms. The molecule has 1 aliphatic heterocycles. The summed E-state index contributed by atoms with van der Waals surface area (Å²) in [5.41, 5.74) is 3.89. The number of amides is 2. The van der Waals surface area contributed by atoms with Crippen LogP contribution < -0.4 is 5.48 Å². The second-order valence-corrected chi connectivity index (χ2v) is 10.3. The average molecular weight is 453 g/mol. The molecule has 2 saturated carbocycles. The molecule has 2 heterocycles. The maximum atomic E-state index is 13.8. The third kappa shape index (κ3) is 4.67. The van der Waals surface area contributed by atoms with Crippen LogP contribution in [0.2, 0.25) is 0 Å². The van der Waals surface area contributed by atoms with Gasteiger partial charge in [-0.1, -0.05) is 60.7 Å². The van der Waals surface area contributed by atoms with Crippen LogP contribution in [-0.2, 0) is 9.59 Å². The van der Waals surface area contributed by atoms with Gasteiger partial charge in [-0.05, 0) is 43.9 Å². The van der Waals surface area contributed by atoms with Crippen LogP contribution in [0.5, 0.6) is 0 Å². The molecule has 1 spiro atoms. The topological polar surface area (TPSA) is 109 Å². The Morgan fingerprint density at radius 1 is 1.24 bits per heavy atom. The third-order valence-corrected chi connectivity index (χ3v) is 7.78. The van der Waals surface area contributed by atoms with Crippen LogP contribution in [0.4, 0.5) is 0 Å². The zero-order chi connectivity index (χ0) is 23.0. The number of hydroxylamine groups is 1. The Kier molecular flexibility index (Phi) is 5.95. The van der Waals surface area contributed by atoms with Crippen molar-refractivity contribution >= 4 is 11.8 Å². The van der Waals surface area contributed by atoms with E-state index in [4.69, 9.17) is 9.73 Å². The van der Waals surface area contributed by atoms with Crippen molar-refractivity contribution in [2.75, 3.05) is 6.54 Å². The van der Waals surface area contributed by atoms with Crippen LogP contribution in [0.25, 0.3) is 11.4 Å². The van der Waals surface area contributed by atoms with E-state index in [1.54, 1.807) is 5.48 Å². The van der Waals surface area contributed by atoms with E-state index >= 15 is 0 Å². The number of aromatic nitrogens is 2. The maximum Gasteiger partial charge on any atom is 0.249 e. The molecule has 2 aromatic rings. The number of rotatable bonds is 7. The molecular formula is C25H32N4O4. The van der Waals surface area contributed by atoms with Gasteiger partial charge in [-0.25, -0.2) is 5.48 Å². The van der Waals surface area contributed by atoms with Crippen molar-refractivity contribution in [3.8, 4) is 11.4 Å². The highest BCUT2D eigenvalue weighted by Crippen LogP contribution is 2.58. The molecule has 176 valence electrons. The number of hydrogen-bond donors (Lipinski definition) is 2. The Labute approximate surface area is 193 Å². The van der Waals surface area contributed by atoms with Gasteiger partial charge in [-0.2, -0.15) is 4.98 Å². The van der Waals surface area contributed by atoms with Gasteiger partial charge in [0.15, 0.2) is 0 Å². The lowest BCUT2D eigenvalue weighted by Crippen LogP contribution is -2.39. The van der Waals surface area contributed by atoms with E-state index in [0.717, 1.165) is 43.2 Å². The van der Waals surface area contributed by atoms with Gasteiger partial charge in [-0.15, -0.1) is 0 Å². The first-order chi connectivity index (χ1) is 16.0. The number of nitrogens with one attached hydrogen (secondary N) is 1. The van der Waals surface area contributed by atoms with Crippen LogP contribution in [0.15, 0.2) is 28.8 Å². The third-order valence-electron chi connectivity index (χ3n) is 7.78. The summed E-state index contributed by atoms with van der Waals surface area (Å²) >= 11 is 0. The smallest absolute Gasteiger partial charge is 0.249 e. The fourth-order valence-corrected chi connectivity index (χ4v) is 5.66. The second kappa shape index (κ2) is 8.89. The molecule has 3 aliphatic rings. The van der Waals surface area contributed by atoms with Gasteiger partial charge >= 0.3 is 0 Å². The summed E-state index contributed by atoms with van der Waals surface area (Å²) in [5.74, 6) is 0.455. The summed E-state index contributed by atoms with van der Waals surface area (Å²) in [6.45, 7) is 2.70. The molecule has 1 saturated heterocycles. The lowest BCUT2D eigenvalue weighted by molar-refractivity contribution is -0.142. The Morgan fingerprint density at radius 2 is 1.97 bits per heavy atom. The van der Waals surface area contributed by atoms with Gasteiger partial charge in [0.05, 0.1) is 0 Å². The maximum absolute atomic E-state index is 13.8. The van der Waals surface area contributed by atoms with Crippen molar-refractivity contribution in [1.29, 1.82) is 0 Å². The number of benzene rings is 1. The molecule has 0 radical (unpaired) electrons. The Hall–Kier alpha value is -2.74. The monoisotopic (exact) mass is 452 g/mol. The SMILES string of the molecule is Cc1ccc(-c2noc([C@@H]3CC4(CC4)CN3C(=O)[C@@H](CC(=O)NO)CC3CCCC3)n2)cc1. The number of hydrogen-bond acceptors (Lipinski definition) is 6. The first-order valence-corrected chi connectivity index (χ1v) is 12.1. The first-order valence-electron chi connectivity index (χ1n) is 12.1. The predicted octanol–water partition coefficient (Wildman–Crippen LogP) is 4.19.